The summed E-state index contributed by atoms with van der Waals surface area (Å²) in [6.45, 7) is 3.70. The van der Waals surface area contributed by atoms with Gasteiger partial charge in [0.05, 0.1) is 5.54 Å². The van der Waals surface area contributed by atoms with Gasteiger partial charge in [0, 0.05) is 6.54 Å². The fraction of sp³-hybridized carbons (Fsp3) is 0.533. The van der Waals surface area contributed by atoms with Gasteiger partial charge in [0.25, 0.3) is 0 Å². The number of aryl methyl sites for hydroxylation is 1. The topological polar surface area (TPSA) is 41.1 Å². The number of benzene rings is 1. The molecule has 1 aliphatic rings. The van der Waals surface area contributed by atoms with Gasteiger partial charge in [0.15, 0.2) is 0 Å². The van der Waals surface area contributed by atoms with Gasteiger partial charge in [-0.3, -0.25) is 4.79 Å². The van der Waals surface area contributed by atoms with E-state index >= 15 is 0 Å². The largest absolute Gasteiger partial charge is 0.354 e. The average molecular weight is 246 g/mol. The summed E-state index contributed by atoms with van der Waals surface area (Å²) in [5, 5.41) is 6.31. The van der Waals surface area contributed by atoms with E-state index in [9.17, 15) is 4.79 Å². The lowest BCUT2D eigenvalue weighted by atomic mass is 9.99. The fourth-order valence-corrected chi connectivity index (χ4v) is 2.42. The van der Waals surface area contributed by atoms with Crippen LogP contribution >= 0.6 is 0 Å². The first-order chi connectivity index (χ1) is 8.71. The molecule has 0 saturated carbocycles. The fourth-order valence-electron chi connectivity index (χ4n) is 2.42. The third kappa shape index (κ3) is 3.33. The Labute approximate surface area is 109 Å². The van der Waals surface area contributed by atoms with Crippen molar-refractivity contribution in [2.75, 3.05) is 13.1 Å². The number of carbonyl (C=O) groups is 1. The van der Waals surface area contributed by atoms with E-state index in [-0.39, 0.29) is 11.4 Å². The molecule has 1 saturated heterocycles. The summed E-state index contributed by atoms with van der Waals surface area (Å²) in [6.07, 6.45) is 4.04. The van der Waals surface area contributed by atoms with Crippen LogP contribution in [-0.4, -0.2) is 24.5 Å². The van der Waals surface area contributed by atoms with Crippen LogP contribution in [0.3, 0.4) is 0 Å². The minimum absolute atomic E-state index is 0.146. The second-order valence-electron chi connectivity index (χ2n) is 5.21. The summed E-state index contributed by atoms with van der Waals surface area (Å²) in [4.78, 5) is 12.0. The van der Waals surface area contributed by atoms with Crippen molar-refractivity contribution in [2.24, 2.45) is 0 Å². The Hall–Kier alpha value is -1.35. The quantitative estimate of drug-likeness (QED) is 0.779. The maximum absolute atomic E-state index is 12.0. The first-order valence-corrected chi connectivity index (χ1v) is 6.78. The SMILES string of the molecule is CC1(C(=O)NCCCc2ccccc2)CCCN1. The number of nitrogens with one attached hydrogen (secondary N) is 2. The lowest BCUT2D eigenvalue weighted by molar-refractivity contribution is -0.126. The van der Waals surface area contributed by atoms with E-state index < -0.39 is 0 Å². The highest BCUT2D eigenvalue weighted by atomic mass is 16.2. The molecule has 18 heavy (non-hydrogen) atoms. The molecule has 1 atom stereocenters. The summed E-state index contributed by atoms with van der Waals surface area (Å²) in [7, 11) is 0. The van der Waals surface area contributed by atoms with Gasteiger partial charge in [0.1, 0.15) is 0 Å². The van der Waals surface area contributed by atoms with Crippen LogP contribution in [-0.2, 0) is 11.2 Å². The van der Waals surface area contributed by atoms with E-state index in [4.69, 9.17) is 0 Å². The van der Waals surface area contributed by atoms with E-state index in [1.54, 1.807) is 0 Å². The van der Waals surface area contributed by atoms with Gasteiger partial charge in [0.2, 0.25) is 5.91 Å². The first kappa shape index (κ1) is 13.1. The highest BCUT2D eigenvalue weighted by molar-refractivity contribution is 5.86. The second kappa shape index (κ2) is 6.01. The molecule has 1 fully saturated rings. The number of amides is 1. The van der Waals surface area contributed by atoms with Gasteiger partial charge in [-0.2, -0.15) is 0 Å². The van der Waals surface area contributed by atoms with E-state index in [2.05, 4.69) is 34.9 Å². The molecule has 1 heterocycles. The van der Waals surface area contributed by atoms with Crippen molar-refractivity contribution in [3.05, 3.63) is 35.9 Å². The van der Waals surface area contributed by atoms with Crippen molar-refractivity contribution >= 4 is 5.91 Å². The summed E-state index contributed by atoms with van der Waals surface area (Å²) in [6, 6.07) is 10.4. The normalized spacial score (nSPS) is 22.9. The van der Waals surface area contributed by atoms with Crippen molar-refractivity contribution in [3.8, 4) is 0 Å². The van der Waals surface area contributed by atoms with Crippen molar-refractivity contribution in [1.29, 1.82) is 0 Å². The lowest BCUT2D eigenvalue weighted by Crippen LogP contribution is -2.51. The van der Waals surface area contributed by atoms with Gasteiger partial charge in [-0.25, -0.2) is 0 Å². The molecule has 0 aromatic heterocycles. The Kier molecular flexibility index (Phi) is 4.37. The summed E-state index contributed by atoms with van der Waals surface area (Å²) in [5.41, 5.74) is 0.990. The minimum Gasteiger partial charge on any atom is -0.354 e. The van der Waals surface area contributed by atoms with E-state index in [1.165, 1.54) is 5.56 Å². The molecule has 1 aliphatic heterocycles. The van der Waals surface area contributed by atoms with Crippen LogP contribution in [0.2, 0.25) is 0 Å². The summed E-state index contributed by atoms with van der Waals surface area (Å²) < 4.78 is 0. The van der Waals surface area contributed by atoms with Crippen LogP contribution < -0.4 is 10.6 Å². The predicted octanol–water partition coefficient (Wildman–Crippen LogP) is 1.88. The molecule has 1 unspecified atom stereocenters. The van der Waals surface area contributed by atoms with Crippen molar-refractivity contribution < 1.29 is 4.79 Å². The van der Waals surface area contributed by atoms with Crippen molar-refractivity contribution in [2.45, 2.75) is 38.1 Å². The Morgan fingerprint density at radius 2 is 2.17 bits per heavy atom. The van der Waals surface area contributed by atoms with Crippen LogP contribution in [0.4, 0.5) is 0 Å². The number of hydrogen-bond acceptors (Lipinski definition) is 2. The molecular formula is C15H22N2O. The summed E-state index contributed by atoms with van der Waals surface area (Å²) in [5.74, 6) is 0.146. The Morgan fingerprint density at radius 1 is 1.39 bits per heavy atom. The number of carbonyl (C=O) groups excluding carboxylic acids is 1. The van der Waals surface area contributed by atoms with Gasteiger partial charge in [-0.1, -0.05) is 30.3 Å². The molecular weight excluding hydrogens is 224 g/mol. The Morgan fingerprint density at radius 3 is 2.83 bits per heavy atom. The number of rotatable bonds is 5. The number of hydrogen-bond donors (Lipinski definition) is 2. The lowest BCUT2D eigenvalue weighted by Gasteiger charge is -2.23. The van der Waals surface area contributed by atoms with E-state index in [0.29, 0.717) is 0 Å². The predicted molar refractivity (Wildman–Crippen MR) is 73.4 cm³/mol. The standard InChI is InChI=1S/C15H22N2O/c1-15(10-6-12-17-15)14(18)16-11-5-9-13-7-3-2-4-8-13/h2-4,7-8,17H,5-6,9-12H2,1H3,(H,16,18). The highest BCUT2D eigenvalue weighted by Gasteiger charge is 2.35. The molecule has 1 aromatic rings. The maximum atomic E-state index is 12.0. The van der Waals surface area contributed by atoms with Gasteiger partial charge in [-0.15, -0.1) is 0 Å². The molecule has 0 radical (unpaired) electrons. The van der Waals surface area contributed by atoms with Crippen molar-refractivity contribution in [3.63, 3.8) is 0 Å². The third-order valence-electron chi connectivity index (χ3n) is 3.64. The maximum Gasteiger partial charge on any atom is 0.240 e. The van der Waals surface area contributed by atoms with Gasteiger partial charge < -0.3 is 10.6 Å². The van der Waals surface area contributed by atoms with Crippen molar-refractivity contribution in [1.82, 2.24) is 10.6 Å². The molecule has 0 spiro atoms. The van der Waals surface area contributed by atoms with Crippen LogP contribution in [0.1, 0.15) is 31.7 Å². The summed E-state index contributed by atoms with van der Waals surface area (Å²) >= 11 is 0. The molecule has 2 N–H and O–H groups in total. The van der Waals surface area contributed by atoms with Crippen LogP contribution in [0.5, 0.6) is 0 Å². The molecule has 0 bridgehead atoms. The molecule has 98 valence electrons. The zero-order valence-electron chi connectivity index (χ0n) is 11.0. The zero-order valence-corrected chi connectivity index (χ0v) is 11.0. The Balaban J connectivity index is 1.68. The molecule has 1 aromatic carbocycles. The molecule has 3 heteroatoms. The smallest absolute Gasteiger partial charge is 0.240 e. The van der Waals surface area contributed by atoms with Crippen LogP contribution in [0, 0.1) is 0 Å². The van der Waals surface area contributed by atoms with Gasteiger partial charge in [-0.05, 0) is 44.7 Å². The average Bonchev–Trinajstić information content (AvgIpc) is 2.84. The van der Waals surface area contributed by atoms with E-state index in [0.717, 1.165) is 38.8 Å². The van der Waals surface area contributed by atoms with Crippen LogP contribution in [0.15, 0.2) is 30.3 Å². The zero-order chi connectivity index (χ0) is 12.8. The monoisotopic (exact) mass is 246 g/mol. The Bertz CT molecular complexity index is 383. The second-order valence-corrected chi connectivity index (χ2v) is 5.21. The van der Waals surface area contributed by atoms with Gasteiger partial charge >= 0.3 is 0 Å². The van der Waals surface area contributed by atoms with Crippen LogP contribution in [0.25, 0.3) is 0 Å². The molecule has 3 nitrogen and oxygen atoms in total. The molecule has 1 amide bonds. The highest BCUT2D eigenvalue weighted by Crippen LogP contribution is 2.18. The molecule has 0 aliphatic carbocycles. The third-order valence-corrected chi connectivity index (χ3v) is 3.64. The minimum atomic E-state index is -0.341. The first-order valence-electron chi connectivity index (χ1n) is 6.78. The molecule has 2 rings (SSSR count). The van der Waals surface area contributed by atoms with E-state index in [1.807, 2.05) is 13.0 Å².